The molecule has 0 unspecified atom stereocenters. The summed E-state index contributed by atoms with van der Waals surface area (Å²) >= 11 is 12.3. The van der Waals surface area contributed by atoms with Gasteiger partial charge in [0.05, 0.1) is 12.3 Å². The minimum absolute atomic E-state index is 0.0969. The molecule has 33 heavy (non-hydrogen) atoms. The van der Waals surface area contributed by atoms with Crippen LogP contribution in [0.1, 0.15) is 36.0 Å². The van der Waals surface area contributed by atoms with E-state index in [2.05, 4.69) is 32.1 Å². The summed E-state index contributed by atoms with van der Waals surface area (Å²) in [6.07, 6.45) is 4.73. The summed E-state index contributed by atoms with van der Waals surface area (Å²) in [5.74, 6) is 1.76. The molecule has 5 rings (SSSR count). The first-order valence-corrected chi connectivity index (χ1v) is 12.2. The smallest absolute Gasteiger partial charge is 0.167 e. The van der Waals surface area contributed by atoms with Crippen molar-refractivity contribution in [3.8, 4) is 0 Å². The zero-order chi connectivity index (χ0) is 22.8. The van der Waals surface area contributed by atoms with Gasteiger partial charge in [0.2, 0.25) is 0 Å². The van der Waals surface area contributed by atoms with Crippen LogP contribution in [0.25, 0.3) is 0 Å². The van der Waals surface area contributed by atoms with Gasteiger partial charge in [-0.3, -0.25) is 4.90 Å². The lowest BCUT2D eigenvalue weighted by Gasteiger charge is -2.46. The van der Waals surface area contributed by atoms with E-state index in [9.17, 15) is 0 Å². The van der Waals surface area contributed by atoms with Crippen molar-refractivity contribution >= 4 is 29.0 Å². The van der Waals surface area contributed by atoms with Crippen LogP contribution in [0, 0.1) is 6.92 Å². The van der Waals surface area contributed by atoms with Crippen LogP contribution in [0.4, 0.5) is 5.82 Å². The molecule has 2 aliphatic rings. The molecule has 4 heterocycles. The van der Waals surface area contributed by atoms with Gasteiger partial charge in [0, 0.05) is 54.0 Å². The molecule has 3 aromatic rings. The molecule has 0 N–H and O–H groups in total. The number of aromatic nitrogens is 2. The number of hydrogen-bond acceptors (Lipinski definition) is 6. The summed E-state index contributed by atoms with van der Waals surface area (Å²) in [4.78, 5) is 9.47. The fourth-order valence-corrected chi connectivity index (χ4v) is 5.21. The molecule has 8 heteroatoms. The molecule has 0 saturated carbocycles. The second-order valence-corrected chi connectivity index (χ2v) is 9.80. The normalized spacial score (nSPS) is 22.6. The standard InChI is InChI=1S/C25H28Cl2N4O2/c1-17-12-23(33-29-17)24-15-31(22(16-32-24)13-18-2-4-19(26)5-3-18)21-7-10-30(11-8-21)25-14-20(27)6-9-28-25/h2-6,9,12,14,21-22,24H,7-8,10-11,13,15-16H2,1H3/t22-,24+/m0/s1. The molecule has 6 nitrogen and oxygen atoms in total. The number of hydrogen-bond donors (Lipinski definition) is 0. The van der Waals surface area contributed by atoms with Crippen molar-refractivity contribution in [2.24, 2.45) is 0 Å². The Bertz CT molecular complexity index is 1070. The fraction of sp³-hybridized carbons (Fsp3) is 0.440. The molecule has 2 fully saturated rings. The van der Waals surface area contributed by atoms with E-state index in [0.717, 1.165) is 66.2 Å². The first-order valence-electron chi connectivity index (χ1n) is 11.5. The number of aryl methyl sites for hydroxylation is 1. The number of anilines is 1. The maximum atomic E-state index is 6.27. The van der Waals surface area contributed by atoms with E-state index in [4.69, 9.17) is 32.5 Å². The highest BCUT2D eigenvalue weighted by Gasteiger charge is 2.37. The predicted molar refractivity (Wildman–Crippen MR) is 130 cm³/mol. The third-order valence-corrected chi connectivity index (χ3v) is 7.14. The van der Waals surface area contributed by atoms with E-state index < -0.39 is 0 Å². The van der Waals surface area contributed by atoms with Gasteiger partial charge in [-0.2, -0.15) is 0 Å². The van der Waals surface area contributed by atoms with Gasteiger partial charge in [-0.25, -0.2) is 4.98 Å². The van der Waals surface area contributed by atoms with Crippen molar-refractivity contribution in [3.05, 3.63) is 75.7 Å². The van der Waals surface area contributed by atoms with E-state index >= 15 is 0 Å². The summed E-state index contributed by atoms with van der Waals surface area (Å²) in [5.41, 5.74) is 2.15. The average molecular weight is 487 g/mol. The van der Waals surface area contributed by atoms with Gasteiger partial charge in [0.1, 0.15) is 11.9 Å². The van der Waals surface area contributed by atoms with Crippen molar-refractivity contribution in [1.29, 1.82) is 0 Å². The van der Waals surface area contributed by atoms with Crippen LogP contribution >= 0.6 is 23.2 Å². The van der Waals surface area contributed by atoms with Crippen molar-refractivity contribution in [2.45, 2.75) is 44.4 Å². The third kappa shape index (κ3) is 5.35. The molecule has 0 bridgehead atoms. The number of rotatable bonds is 5. The largest absolute Gasteiger partial charge is 0.367 e. The number of benzene rings is 1. The van der Waals surface area contributed by atoms with Gasteiger partial charge in [-0.15, -0.1) is 0 Å². The molecular formula is C25H28Cl2N4O2. The summed E-state index contributed by atoms with van der Waals surface area (Å²) in [7, 11) is 0. The zero-order valence-corrected chi connectivity index (χ0v) is 20.2. The quantitative estimate of drug-likeness (QED) is 0.485. The molecule has 1 aromatic carbocycles. The number of nitrogens with zero attached hydrogens (tertiary/aromatic N) is 4. The highest BCUT2D eigenvalue weighted by Crippen LogP contribution is 2.32. The maximum absolute atomic E-state index is 6.27. The van der Waals surface area contributed by atoms with E-state index in [1.807, 2.05) is 37.3 Å². The van der Waals surface area contributed by atoms with Crippen LogP contribution < -0.4 is 4.90 Å². The van der Waals surface area contributed by atoms with Crippen LogP contribution in [0.5, 0.6) is 0 Å². The van der Waals surface area contributed by atoms with Crippen LogP contribution in [-0.2, 0) is 11.2 Å². The summed E-state index contributed by atoms with van der Waals surface area (Å²) in [6.45, 7) is 5.30. The average Bonchev–Trinajstić information content (AvgIpc) is 3.27. The molecule has 2 atom stereocenters. The molecule has 2 aliphatic heterocycles. The molecule has 2 saturated heterocycles. The minimum atomic E-state index is -0.0969. The molecular weight excluding hydrogens is 459 g/mol. The SMILES string of the molecule is Cc1cc([C@H]2CN(C3CCN(c4cc(Cl)ccn4)CC3)[C@@H](Cc3ccc(Cl)cc3)CO2)on1. The van der Waals surface area contributed by atoms with E-state index in [1.54, 1.807) is 6.20 Å². The lowest BCUT2D eigenvalue weighted by Crippen LogP contribution is -2.55. The van der Waals surface area contributed by atoms with Gasteiger partial charge >= 0.3 is 0 Å². The third-order valence-electron chi connectivity index (χ3n) is 6.65. The van der Waals surface area contributed by atoms with E-state index in [1.165, 1.54) is 5.56 Å². The van der Waals surface area contributed by atoms with E-state index in [0.29, 0.717) is 18.7 Å². The zero-order valence-electron chi connectivity index (χ0n) is 18.7. The minimum Gasteiger partial charge on any atom is -0.367 e. The van der Waals surface area contributed by atoms with Gasteiger partial charge in [0.15, 0.2) is 5.76 Å². The van der Waals surface area contributed by atoms with Gasteiger partial charge in [-0.05, 0) is 56.0 Å². The van der Waals surface area contributed by atoms with Crippen LogP contribution in [0.2, 0.25) is 10.0 Å². The Morgan fingerprint density at radius 1 is 1.03 bits per heavy atom. The highest BCUT2D eigenvalue weighted by atomic mass is 35.5. The van der Waals surface area contributed by atoms with Crippen LogP contribution in [0.3, 0.4) is 0 Å². The Balaban J connectivity index is 1.31. The highest BCUT2D eigenvalue weighted by molar-refractivity contribution is 6.31. The Morgan fingerprint density at radius 3 is 2.52 bits per heavy atom. The second-order valence-electron chi connectivity index (χ2n) is 8.92. The topological polar surface area (TPSA) is 54.6 Å². The fourth-order valence-electron chi connectivity index (χ4n) is 4.93. The van der Waals surface area contributed by atoms with Crippen molar-refractivity contribution < 1.29 is 9.26 Å². The lowest BCUT2D eigenvalue weighted by molar-refractivity contribution is -0.0923. The Kier molecular flexibility index (Phi) is 6.88. The Hall–Kier alpha value is -2.12. The summed E-state index contributed by atoms with van der Waals surface area (Å²) in [5, 5.41) is 5.55. The monoisotopic (exact) mass is 486 g/mol. The summed E-state index contributed by atoms with van der Waals surface area (Å²) in [6, 6.07) is 14.7. The molecule has 174 valence electrons. The number of piperidine rings is 1. The lowest BCUT2D eigenvalue weighted by atomic mass is 9.96. The molecule has 0 radical (unpaired) electrons. The Labute approximate surface area is 204 Å². The first-order chi connectivity index (χ1) is 16.0. The number of ether oxygens (including phenoxy) is 1. The number of halogens is 2. The number of pyridine rings is 1. The van der Waals surface area contributed by atoms with E-state index in [-0.39, 0.29) is 6.10 Å². The van der Waals surface area contributed by atoms with Crippen LogP contribution in [-0.4, -0.2) is 53.4 Å². The number of morpholine rings is 1. The predicted octanol–water partition coefficient (Wildman–Crippen LogP) is 5.34. The second kappa shape index (κ2) is 10.0. The summed E-state index contributed by atoms with van der Waals surface area (Å²) < 4.78 is 11.8. The van der Waals surface area contributed by atoms with Gasteiger partial charge in [0.25, 0.3) is 0 Å². The molecule has 0 amide bonds. The van der Waals surface area contributed by atoms with Crippen molar-refractivity contribution in [1.82, 2.24) is 15.0 Å². The van der Waals surface area contributed by atoms with Crippen LogP contribution in [0.15, 0.2) is 53.2 Å². The van der Waals surface area contributed by atoms with Gasteiger partial charge in [-0.1, -0.05) is 40.5 Å². The molecule has 2 aromatic heterocycles. The van der Waals surface area contributed by atoms with Crippen molar-refractivity contribution in [2.75, 3.05) is 31.1 Å². The van der Waals surface area contributed by atoms with Gasteiger partial charge < -0.3 is 14.2 Å². The Morgan fingerprint density at radius 2 is 1.82 bits per heavy atom. The maximum Gasteiger partial charge on any atom is 0.167 e. The van der Waals surface area contributed by atoms with Crippen molar-refractivity contribution in [3.63, 3.8) is 0 Å². The molecule has 0 spiro atoms. The molecule has 0 aliphatic carbocycles. The first kappa shape index (κ1) is 22.7.